The van der Waals surface area contributed by atoms with Gasteiger partial charge in [0.05, 0.1) is 18.2 Å². The maximum atomic E-state index is 9.43. The summed E-state index contributed by atoms with van der Waals surface area (Å²) in [6.45, 7) is 4.07. The van der Waals surface area contributed by atoms with Crippen LogP contribution in [0.5, 0.6) is 0 Å². The molecule has 0 aromatic carbocycles. The third-order valence-electron chi connectivity index (χ3n) is 3.89. The number of aliphatic hydroxyl groups excluding tert-OH is 1. The number of hydrogen-bond acceptors (Lipinski definition) is 4. The van der Waals surface area contributed by atoms with Crippen LogP contribution in [0.4, 0.5) is 5.82 Å². The largest absolute Gasteiger partial charge is 0.394 e. The van der Waals surface area contributed by atoms with E-state index in [1.165, 1.54) is 12.0 Å². The summed E-state index contributed by atoms with van der Waals surface area (Å²) in [5.74, 6) is 0.640. The topological polar surface area (TPSA) is 68.9 Å². The average Bonchev–Trinajstić information content (AvgIpc) is 2.45. The number of pyridine rings is 1. The Morgan fingerprint density at radius 3 is 2.63 bits per heavy atom. The van der Waals surface area contributed by atoms with Crippen molar-refractivity contribution in [2.75, 3.05) is 11.9 Å². The molecule has 0 amide bonds. The highest BCUT2D eigenvalue weighted by Crippen LogP contribution is 2.30. The number of fused-ring (bicyclic) bond motifs is 1. The second kappa shape index (κ2) is 6.03. The van der Waals surface area contributed by atoms with Gasteiger partial charge in [-0.3, -0.25) is 0 Å². The fourth-order valence-corrected chi connectivity index (χ4v) is 2.71. The third kappa shape index (κ3) is 2.71. The number of aryl methyl sites for hydroxylation is 1. The first-order chi connectivity index (χ1) is 9.21. The van der Waals surface area contributed by atoms with E-state index >= 15 is 0 Å². The van der Waals surface area contributed by atoms with E-state index in [4.69, 9.17) is 0 Å². The first-order valence-corrected chi connectivity index (χ1v) is 7.01. The van der Waals surface area contributed by atoms with Crippen molar-refractivity contribution < 1.29 is 5.11 Å². The van der Waals surface area contributed by atoms with Crippen molar-refractivity contribution in [1.29, 1.82) is 5.26 Å². The molecule has 1 heterocycles. The molecule has 19 heavy (non-hydrogen) atoms. The lowest BCUT2D eigenvalue weighted by molar-refractivity contribution is 0.271. The van der Waals surface area contributed by atoms with E-state index in [0.29, 0.717) is 11.4 Å². The molecule has 2 rings (SSSR count). The van der Waals surface area contributed by atoms with Crippen molar-refractivity contribution >= 4 is 5.82 Å². The van der Waals surface area contributed by atoms with Crippen LogP contribution in [-0.2, 0) is 12.8 Å². The number of nitrogens with zero attached hydrogens (tertiary/aromatic N) is 2. The Hall–Kier alpha value is -1.60. The lowest BCUT2D eigenvalue weighted by atomic mass is 9.88. The third-order valence-corrected chi connectivity index (χ3v) is 3.89. The predicted octanol–water partition coefficient (Wildman–Crippen LogP) is 2.32. The van der Waals surface area contributed by atoms with E-state index in [1.54, 1.807) is 0 Å². The molecule has 2 N–H and O–H groups in total. The Labute approximate surface area is 114 Å². The highest BCUT2D eigenvalue weighted by atomic mass is 16.3. The summed E-state index contributed by atoms with van der Waals surface area (Å²) in [6, 6.07) is 2.26. The van der Waals surface area contributed by atoms with E-state index in [1.807, 2.05) is 13.8 Å². The molecule has 0 saturated heterocycles. The standard InChI is InChI=1S/C15H21N3O/c1-3-11(9-19)18-15-14(8-16)13-7-5-4-6-12(13)10(2)17-15/h11,19H,3-7,9H2,1-2H3,(H,17,18). The Balaban J connectivity index is 2.44. The van der Waals surface area contributed by atoms with E-state index in [-0.39, 0.29) is 12.6 Å². The van der Waals surface area contributed by atoms with Crippen molar-refractivity contribution in [1.82, 2.24) is 4.98 Å². The minimum Gasteiger partial charge on any atom is -0.394 e. The zero-order valence-electron chi connectivity index (χ0n) is 11.7. The second-order valence-electron chi connectivity index (χ2n) is 5.13. The summed E-state index contributed by atoms with van der Waals surface area (Å²) in [5, 5.41) is 21.9. The number of nitrogens with one attached hydrogen (secondary N) is 1. The summed E-state index contributed by atoms with van der Waals surface area (Å²) in [6.07, 6.45) is 5.12. The van der Waals surface area contributed by atoms with Crippen molar-refractivity contribution in [3.05, 3.63) is 22.4 Å². The van der Waals surface area contributed by atoms with Gasteiger partial charge < -0.3 is 10.4 Å². The summed E-state index contributed by atoms with van der Waals surface area (Å²) in [7, 11) is 0. The smallest absolute Gasteiger partial charge is 0.144 e. The highest BCUT2D eigenvalue weighted by Gasteiger charge is 2.21. The molecule has 102 valence electrons. The van der Waals surface area contributed by atoms with Crippen LogP contribution in [0.15, 0.2) is 0 Å². The number of aromatic nitrogens is 1. The molecule has 1 aliphatic rings. The molecule has 4 heteroatoms. The predicted molar refractivity (Wildman–Crippen MR) is 75.1 cm³/mol. The monoisotopic (exact) mass is 259 g/mol. The van der Waals surface area contributed by atoms with Gasteiger partial charge in [0.1, 0.15) is 11.9 Å². The van der Waals surface area contributed by atoms with E-state index in [2.05, 4.69) is 16.4 Å². The summed E-state index contributed by atoms with van der Waals surface area (Å²) >= 11 is 0. The van der Waals surface area contributed by atoms with Crippen LogP contribution in [-0.4, -0.2) is 22.7 Å². The quantitative estimate of drug-likeness (QED) is 0.870. The molecule has 0 fully saturated rings. The Morgan fingerprint density at radius 2 is 2.05 bits per heavy atom. The maximum absolute atomic E-state index is 9.43. The molecule has 0 radical (unpaired) electrons. The molecule has 4 nitrogen and oxygen atoms in total. The lowest BCUT2D eigenvalue weighted by Crippen LogP contribution is -2.25. The summed E-state index contributed by atoms with van der Waals surface area (Å²) in [4.78, 5) is 4.55. The number of nitriles is 1. The first-order valence-electron chi connectivity index (χ1n) is 7.01. The van der Waals surface area contributed by atoms with Gasteiger partial charge in [0.15, 0.2) is 0 Å². The maximum Gasteiger partial charge on any atom is 0.144 e. The Morgan fingerprint density at radius 1 is 1.37 bits per heavy atom. The van der Waals surface area contributed by atoms with Crippen LogP contribution in [0.1, 0.15) is 48.6 Å². The lowest BCUT2D eigenvalue weighted by Gasteiger charge is -2.23. The van der Waals surface area contributed by atoms with Gasteiger partial charge in [0.25, 0.3) is 0 Å². The van der Waals surface area contributed by atoms with Crippen LogP contribution in [0, 0.1) is 18.3 Å². The number of hydrogen-bond donors (Lipinski definition) is 2. The van der Waals surface area contributed by atoms with Gasteiger partial charge in [-0.1, -0.05) is 6.92 Å². The minimum absolute atomic E-state index is 0.0411. The van der Waals surface area contributed by atoms with Crippen LogP contribution in [0.3, 0.4) is 0 Å². The number of anilines is 1. The van der Waals surface area contributed by atoms with Crippen LogP contribution in [0.25, 0.3) is 0 Å². The zero-order chi connectivity index (χ0) is 13.8. The van der Waals surface area contributed by atoms with E-state index < -0.39 is 0 Å². The second-order valence-corrected chi connectivity index (χ2v) is 5.13. The van der Waals surface area contributed by atoms with Gasteiger partial charge >= 0.3 is 0 Å². The highest BCUT2D eigenvalue weighted by molar-refractivity contribution is 5.60. The number of rotatable bonds is 4. The minimum atomic E-state index is -0.0411. The molecule has 1 unspecified atom stereocenters. The van der Waals surface area contributed by atoms with E-state index in [9.17, 15) is 10.4 Å². The fourth-order valence-electron chi connectivity index (χ4n) is 2.71. The van der Waals surface area contributed by atoms with Gasteiger partial charge in [-0.15, -0.1) is 0 Å². The molecule has 1 aromatic rings. The summed E-state index contributed by atoms with van der Waals surface area (Å²) in [5.41, 5.74) is 4.11. The molecule has 0 saturated carbocycles. The molecule has 0 spiro atoms. The SMILES string of the molecule is CCC(CO)Nc1nc(C)c2c(c1C#N)CCCC2. The Bertz CT molecular complexity index is 501. The average molecular weight is 259 g/mol. The van der Waals surface area contributed by atoms with E-state index in [0.717, 1.165) is 36.9 Å². The van der Waals surface area contributed by atoms with Crippen LogP contribution < -0.4 is 5.32 Å². The van der Waals surface area contributed by atoms with Crippen molar-refractivity contribution in [2.45, 2.75) is 52.0 Å². The Kier molecular flexibility index (Phi) is 4.39. The molecular weight excluding hydrogens is 238 g/mol. The van der Waals surface area contributed by atoms with Gasteiger partial charge in [0.2, 0.25) is 0 Å². The summed E-state index contributed by atoms with van der Waals surface area (Å²) < 4.78 is 0. The van der Waals surface area contributed by atoms with Gasteiger partial charge in [-0.05, 0) is 50.2 Å². The molecule has 1 aliphatic carbocycles. The molecule has 1 atom stereocenters. The normalized spacial score (nSPS) is 15.5. The first kappa shape index (κ1) is 13.8. The van der Waals surface area contributed by atoms with Crippen molar-refractivity contribution in [3.63, 3.8) is 0 Å². The zero-order valence-corrected chi connectivity index (χ0v) is 11.7. The molecule has 0 bridgehead atoms. The molecular formula is C15H21N3O. The fraction of sp³-hybridized carbons (Fsp3) is 0.600. The molecule has 0 aliphatic heterocycles. The van der Waals surface area contributed by atoms with Gasteiger partial charge in [-0.25, -0.2) is 4.98 Å². The number of aliphatic hydroxyl groups is 1. The van der Waals surface area contributed by atoms with Crippen LogP contribution >= 0.6 is 0 Å². The van der Waals surface area contributed by atoms with Crippen molar-refractivity contribution in [3.8, 4) is 6.07 Å². The van der Waals surface area contributed by atoms with Crippen LogP contribution in [0.2, 0.25) is 0 Å². The van der Waals surface area contributed by atoms with Crippen molar-refractivity contribution in [2.24, 2.45) is 0 Å². The van der Waals surface area contributed by atoms with Gasteiger partial charge in [0, 0.05) is 5.69 Å². The van der Waals surface area contributed by atoms with Gasteiger partial charge in [-0.2, -0.15) is 5.26 Å². The molecule has 1 aromatic heterocycles.